The fraction of sp³-hybridized carbons (Fsp3) is 0.526. The van der Waals surface area contributed by atoms with E-state index in [-0.39, 0.29) is 11.9 Å². The maximum atomic E-state index is 11.9. The van der Waals surface area contributed by atoms with Crippen molar-refractivity contribution in [2.24, 2.45) is 0 Å². The minimum atomic E-state index is 0.0856. The number of H-pyrrole nitrogens is 1. The summed E-state index contributed by atoms with van der Waals surface area (Å²) in [6, 6.07) is 4.02. The predicted molar refractivity (Wildman–Crippen MR) is 111 cm³/mol. The first kappa shape index (κ1) is 20.5. The van der Waals surface area contributed by atoms with Gasteiger partial charge in [-0.1, -0.05) is 0 Å². The van der Waals surface area contributed by atoms with Crippen LogP contribution in [0, 0.1) is 11.7 Å². The summed E-state index contributed by atoms with van der Waals surface area (Å²) in [7, 11) is 0. The van der Waals surface area contributed by atoms with Crippen LogP contribution in [-0.4, -0.2) is 69.2 Å². The second-order valence-corrected chi connectivity index (χ2v) is 7.72. The molecule has 0 saturated carbocycles. The van der Waals surface area contributed by atoms with E-state index in [9.17, 15) is 4.79 Å². The Morgan fingerprint density at radius 2 is 2.00 bits per heavy atom. The van der Waals surface area contributed by atoms with E-state index < -0.39 is 0 Å². The number of rotatable bonds is 7. The number of nitrogens with one attached hydrogen (secondary N) is 2. The summed E-state index contributed by atoms with van der Waals surface area (Å²) >= 11 is 5.37. The van der Waals surface area contributed by atoms with Crippen molar-refractivity contribution < 1.29 is 9.21 Å². The second-order valence-electron chi connectivity index (χ2n) is 7.36. The molecule has 0 bridgehead atoms. The van der Waals surface area contributed by atoms with Crippen LogP contribution in [0.2, 0.25) is 0 Å². The maximum Gasteiger partial charge on any atom is 0.234 e. The largest absolute Gasteiger partial charge is 0.462 e. The number of carbonyl (C=O) groups excluding carboxylic acids is 1. The highest BCUT2D eigenvalue weighted by Crippen LogP contribution is 2.10. The molecule has 2 aromatic rings. The lowest BCUT2D eigenvalue weighted by Crippen LogP contribution is -2.50. The summed E-state index contributed by atoms with van der Waals surface area (Å²) in [6.07, 6.45) is 3.72. The molecule has 0 radical (unpaired) electrons. The zero-order chi connectivity index (χ0) is 20.1. The van der Waals surface area contributed by atoms with Gasteiger partial charge < -0.3 is 9.73 Å². The maximum absolute atomic E-state index is 11.9. The fourth-order valence-corrected chi connectivity index (χ4v) is 3.31. The van der Waals surface area contributed by atoms with Gasteiger partial charge in [0.15, 0.2) is 0 Å². The molecule has 2 aromatic heterocycles. The zero-order valence-electron chi connectivity index (χ0n) is 16.6. The van der Waals surface area contributed by atoms with Crippen molar-refractivity contribution in [1.29, 1.82) is 0 Å². The van der Waals surface area contributed by atoms with Gasteiger partial charge in [-0.15, -0.1) is 0 Å². The van der Waals surface area contributed by atoms with Gasteiger partial charge >= 0.3 is 0 Å². The molecule has 2 N–H and O–H groups in total. The van der Waals surface area contributed by atoms with E-state index in [4.69, 9.17) is 16.6 Å². The number of hydrogen-bond acceptors (Lipinski definition) is 6. The number of aromatic nitrogens is 3. The highest BCUT2D eigenvalue weighted by Gasteiger charge is 2.19. The lowest BCUT2D eigenvalue weighted by molar-refractivity contribution is -0.123. The average molecular weight is 405 g/mol. The molecule has 0 atom stereocenters. The number of amides is 1. The molecule has 28 heavy (non-hydrogen) atoms. The first-order valence-corrected chi connectivity index (χ1v) is 9.95. The molecule has 9 heteroatoms. The van der Waals surface area contributed by atoms with Crippen LogP contribution in [0.25, 0.3) is 12.2 Å². The van der Waals surface area contributed by atoms with Crippen LogP contribution in [0.1, 0.15) is 31.2 Å². The van der Waals surface area contributed by atoms with Crippen molar-refractivity contribution in [2.75, 3.05) is 32.7 Å². The summed E-state index contributed by atoms with van der Waals surface area (Å²) in [5.41, 5.74) is 0. The Labute approximate surface area is 170 Å². The Kier molecular flexibility index (Phi) is 6.82. The first-order valence-electron chi connectivity index (χ1n) is 9.54. The topological polar surface area (TPSA) is 82.3 Å². The van der Waals surface area contributed by atoms with Crippen molar-refractivity contribution in [2.45, 2.75) is 33.5 Å². The lowest BCUT2D eigenvalue weighted by Gasteiger charge is -2.34. The third kappa shape index (κ3) is 5.88. The smallest absolute Gasteiger partial charge is 0.234 e. The number of nitrogens with zero attached hydrogens (tertiary/aromatic N) is 4. The van der Waals surface area contributed by atoms with E-state index in [1.165, 1.54) is 0 Å². The molecular formula is C19H28N6O2S. The van der Waals surface area contributed by atoms with Crippen molar-refractivity contribution in [3.63, 3.8) is 0 Å². The molecule has 1 aliphatic rings. The Morgan fingerprint density at radius 1 is 1.29 bits per heavy atom. The minimum Gasteiger partial charge on any atom is -0.462 e. The Balaban J connectivity index is 1.50. The van der Waals surface area contributed by atoms with Crippen LogP contribution >= 0.6 is 12.2 Å². The van der Waals surface area contributed by atoms with Gasteiger partial charge in [0.05, 0.1) is 13.2 Å². The van der Waals surface area contributed by atoms with E-state index in [2.05, 4.69) is 25.2 Å². The first-order chi connectivity index (χ1) is 13.4. The van der Waals surface area contributed by atoms with E-state index >= 15 is 0 Å². The molecule has 3 heterocycles. The fourth-order valence-electron chi connectivity index (χ4n) is 3.11. The van der Waals surface area contributed by atoms with Crippen LogP contribution in [-0.2, 0) is 11.5 Å². The molecule has 0 unspecified atom stereocenters. The summed E-state index contributed by atoms with van der Waals surface area (Å²) in [6.45, 7) is 10.5. The summed E-state index contributed by atoms with van der Waals surface area (Å²) in [5.74, 6) is 2.44. The lowest BCUT2D eigenvalue weighted by atomic mass is 10.3. The summed E-state index contributed by atoms with van der Waals surface area (Å²) in [4.78, 5) is 20.8. The van der Waals surface area contributed by atoms with Gasteiger partial charge in [0.25, 0.3) is 0 Å². The second kappa shape index (κ2) is 9.31. The van der Waals surface area contributed by atoms with E-state index in [0.29, 0.717) is 23.8 Å². The van der Waals surface area contributed by atoms with Crippen LogP contribution < -0.4 is 5.32 Å². The number of carbonyl (C=O) groups is 1. The van der Waals surface area contributed by atoms with Crippen LogP contribution in [0.3, 0.4) is 0 Å². The van der Waals surface area contributed by atoms with Crippen LogP contribution in [0.4, 0.5) is 0 Å². The van der Waals surface area contributed by atoms with Gasteiger partial charge in [-0.3, -0.25) is 19.7 Å². The number of aromatic amines is 1. The van der Waals surface area contributed by atoms with E-state index in [1.54, 1.807) is 0 Å². The summed E-state index contributed by atoms with van der Waals surface area (Å²) < 4.78 is 7.91. The Morgan fingerprint density at radius 3 is 2.64 bits per heavy atom. The average Bonchev–Trinajstić information content (AvgIpc) is 3.19. The van der Waals surface area contributed by atoms with Gasteiger partial charge in [-0.05, 0) is 57.3 Å². The van der Waals surface area contributed by atoms with Crippen molar-refractivity contribution >= 4 is 30.3 Å². The Hall–Kier alpha value is -2.23. The molecule has 0 spiro atoms. The van der Waals surface area contributed by atoms with E-state index in [0.717, 1.165) is 37.7 Å². The molecular weight excluding hydrogens is 376 g/mol. The highest BCUT2D eigenvalue weighted by molar-refractivity contribution is 7.71. The van der Waals surface area contributed by atoms with Gasteiger partial charge in [0.2, 0.25) is 10.7 Å². The molecule has 1 fully saturated rings. The Bertz CT molecular complexity index is 873. The SMILES string of the molecule is Cc1ccc(/C=C/c2nc(=S)n(CN3CCN(CC(=O)NC(C)C)CC3)[nH]2)o1. The van der Waals surface area contributed by atoms with Gasteiger partial charge in [-0.25, -0.2) is 4.68 Å². The molecule has 1 saturated heterocycles. The molecule has 3 rings (SSSR count). The highest BCUT2D eigenvalue weighted by atomic mass is 32.1. The zero-order valence-corrected chi connectivity index (χ0v) is 17.5. The molecule has 0 aliphatic carbocycles. The summed E-state index contributed by atoms with van der Waals surface area (Å²) in [5, 5.41) is 6.16. The van der Waals surface area contributed by atoms with Gasteiger partial charge in [-0.2, -0.15) is 4.98 Å². The van der Waals surface area contributed by atoms with Crippen molar-refractivity contribution in [3.8, 4) is 0 Å². The van der Waals surface area contributed by atoms with Gasteiger partial charge in [0, 0.05) is 32.2 Å². The molecule has 0 aromatic carbocycles. The number of furan rings is 1. The van der Waals surface area contributed by atoms with E-state index in [1.807, 2.05) is 49.7 Å². The monoisotopic (exact) mass is 404 g/mol. The number of aryl methyl sites for hydroxylation is 1. The van der Waals surface area contributed by atoms with Crippen LogP contribution in [0.5, 0.6) is 0 Å². The van der Waals surface area contributed by atoms with Gasteiger partial charge in [0.1, 0.15) is 17.3 Å². The normalized spacial score (nSPS) is 16.3. The van der Waals surface area contributed by atoms with Crippen molar-refractivity contribution in [3.05, 3.63) is 34.2 Å². The third-order valence-electron chi connectivity index (χ3n) is 4.49. The van der Waals surface area contributed by atoms with Crippen LogP contribution in [0.15, 0.2) is 16.5 Å². The molecule has 152 valence electrons. The quantitative estimate of drug-likeness (QED) is 0.688. The number of piperazine rings is 1. The third-order valence-corrected chi connectivity index (χ3v) is 4.80. The molecule has 1 aliphatic heterocycles. The number of hydrogen-bond donors (Lipinski definition) is 2. The standard InChI is InChI=1S/C19H28N6O2S/c1-14(2)20-18(26)12-23-8-10-24(11-9-23)13-25-19(28)21-17(22-25)7-6-16-5-4-15(3)27-16/h4-7,14H,8-13H2,1-3H3,(H,20,26)(H,21,22,28)/b7-6+. The minimum absolute atomic E-state index is 0.0856. The molecule has 8 nitrogen and oxygen atoms in total. The van der Waals surface area contributed by atoms with Crippen molar-refractivity contribution in [1.82, 2.24) is 29.9 Å². The molecule has 1 amide bonds. The predicted octanol–water partition coefficient (Wildman–Crippen LogP) is 2.11.